The number of ether oxygens (including phenoxy) is 7. The highest BCUT2D eigenvalue weighted by molar-refractivity contribution is 5.69. The Labute approximate surface area is 415 Å². The summed E-state index contributed by atoms with van der Waals surface area (Å²) >= 11 is 0. The van der Waals surface area contributed by atoms with E-state index in [2.05, 4.69) is 50.0 Å². The van der Waals surface area contributed by atoms with E-state index in [-0.39, 0.29) is 57.5 Å². The fraction of sp³-hybridized carbons (Fsp3) is 0.857. The van der Waals surface area contributed by atoms with Crippen LogP contribution in [-0.4, -0.2) is 101 Å². The second-order valence-electron chi connectivity index (χ2n) is 18.9. The van der Waals surface area contributed by atoms with Gasteiger partial charge in [0, 0.05) is 32.5 Å². The number of rotatable bonds is 47. The quantitative estimate of drug-likeness (QED) is 0.0248. The van der Waals surface area contributed by atoms with Gasteiger partial charge in [0.05, 0.1) is 32.3 Å². The van der Waals surface area contributed by atoms with Crippen molar-refractivity contribution in [1.82, 2.24) is 4.90 Å². The molecular weight excluding hydrogens is 863 g/mol. The Bertz CT molecular complexity index is 1220. The van der Waals surface area contributed by atoms with E-state index in [1.54, 1.807) is 0 Å². The van der Waals surface area contributed by atoms with Gasteiger partial charge in [-0.2, -0.15) is 0 Å². The number of hydrogen-bond acceptors (Lipinski definition) is 12. The first-order valence-electron chi connectivity index (χ1n) is 27.9. The molecule has 0 aromatic rings. The Morgan fingerprint density at radius 3 is 1.49 bits per heavy atom. The van der Waals surface area contributed by atoms with Crippen LogP contribution in [0.5, 0.6) is 0 Å². The van der Waals surface area contributed by atoms with Crippen LogP contribution in [0.3, 0.4) is 0 Å². The van der Waals surface area contributed by atoms with Gasteiger partial charge in [0.15, 0.2) is 0 Å². The number of hydrogen-bond donors (Lipinski definition) is 0. The van der Waals surface area contributed by atoms with E-state index in [0.717, 1.165) is 103 Å². The Kier molecular flexibility index (Phi) is 45.2. The van der Waals surface area contributed by atoms with Gasteiger partial charge in [-0.3, -0.25) is 14.5 Å². The first-order chi connectivity index (χ1) is 33.4. The molecule has 1 atom stereocenters. The number of allylic oxidation sites excluding steroid dienone is 4. The molecule has 0 radical (unpaired) electrons. The molecular formula is C56H101NO11. The average Bonchev–Trinajstić information content (AvgIpc) is 3.34. The van der Waals surface area contributed by atoms with Gasteiger partial charge in [-0.05, 0) is 83.5 Å². The van der Waals surface area contributed by atoms with Crippen LogP contribution in [0.1, 0.15) is 233 Å². The molecule has 0 N–H and O–H groups in total. The van der Waals surface area contributed by atoms with Crippen molar-refractivity contribution in [3.05, 3.63) is 24.3 Å². The van der Waals surface area contributed by atoms with Crippen molar-refractivity contribution in [3.8, 4) is 0 Å². The van der Waals surface area contributed by atoms with E-state index in [1.165, 1.54) is 103 Å². The Morgan fingerprint density at radius 2 is 0.912 bits per heavy atom. The van der Waals surface area contributed by atoms with E-state index in [0.29, 0.717) is 32.5 Å². The molecule has 1 heterocycles. The summed E-state index contributed by atoms with van der Waals surface area (Å²) in [6, 6.07) is 0. The molecule has 0 amide bonds. The number of esters is 2. The van der Waals surface area contributed by atoms with Gasteiger partial charge in [-0.1, -0.05) is 161 Å². The van der Waals surface area contributed by atoms with Crippen LogP contribution in [0.15, 0.2) is 24.3 Å². The van der Waals surface area contributed by atoms with Crippen LogP contribution in [0.2, 0.25) is 0 Å². The molecule has 0 saturated carbocycles. The number of carbonyl (C=O) groups is 4. The molecule has 0 aromatic carbocycles. The summed E-state index contributed by atoms with van der Waals surface area (Å²) < 4.78 is 38.2. The minimum Gasteiger partial charge on any atom is -0.465 e. The largest absolute Gasteiger partial charge is 0.508 e. The fourth-order valence-corrected chi connectivity index (χ4v) is 8.10. The van der Waals surface area contributed by atoms with Gasteiger partial charge in [0.2, 0.25) is 0 Å². The molecule has 1 aliphatic heterocycles. The first kappa shape index (κ1) is 62.9. The third kappa shape index (κ3) is 42.9. The normalized spacial score (nSPS) is 13.6. The highest BCUT2D eigenvalue weighted by atomic mass is 16.7. The third-order valence-electron chi connectivity index (χ3n) is 12.4. The van der Waals surface area contributed by atoms with Crippen LogP contribution in [-0.2, 0) is 42.7 Å². The second kappa shape index (κ2) is 48.9. The molecule has 1 unspecified atom stereocenters. The van der Waals surface area contributed by atoms with Crippen molar-refractivity contribution in [3.63, 3.8) is 0 Å². The molecule has 0 aliphatic carbocycles. The van der Waals surface area contributed by atoms with Gasteiger partial charge in [0.25, 0.3) is 0 Å². The highest BCUT2D eigenvalue weighted by Crippen LogP contribution is 2.19. The zero-order chi connectivity index (χ0) is 49.2. The van der Waals surface area contributed by atoms with Crippen molar-refractivity contribution < 1.29 is 52.3 Å². The van der Waals surface area contributed by atoms with Crippen molar-refractivity contribution in [2.24, 2.45) is 5.92 Å². The number of carbonyl (C=O) groups excluding carboxylic acids is 4. The van der Waals surface area contributed by atoms with Crippen molar-refractivity contribution in [2.75, 3.05) is 65.9 Å². The molecule has 12 nitrogen and oxygen atoms in total. The minimum atomic E-state index is -0.821. The maximum Gasteiger partial charge on any atom is 0.508 e. The van der Waals surface area contributed by atoms with Crippen LogP contribution < -0.4 is 0 Å². The van der Waals surface area contributed by atoms with E-state index in [1.807, 2.05) is 0 Å². The van der Waals surface area contributed by atoms with Gasteiger partial charge in [-0.25, -0.2) is 9.59 Å². The van der Waals surface area contributed by atoms with E-state index < -0.39 is 18.2 Å². The topological polar surface area (TPSA) is 136 Å². The van der Waals surface area contributed by atoms with E-state index in [9.17, 15) is 19.2 Å². The molecule has 0 bridgehead atoms. The van der Waals surface area contributed by atoms with Crippen LogP contribution in [0.4, 0.5) is 9.59 Å². The Balaban J connectivity index is 2.38. The number of morpholine rings is 1. The lowest BCUT2D eigenvalue weighted by atomic mass is 10.0. The minimum absolute atomic E-state index is 0.0156. The maximum atomic E-state index is 12.8. The van der Waals surface area contributed by atoms with Crippen LogP contribution >= 0.6 is 0 Å². The molecule has 396 valence electrons. The van der Waals surface area contributed by atoms with Crippen LogP contribution in [0.25, 0.3) is 0 Å². The lowest BCUT2D eigenvalue weighted by molar-refractivity contribution is -0.150. The summed E-state index contributed by atoms with van der Waals surface area (Å²) in [6.45, 7) is 10.7. The third-order valence-corrected chi connectivity index (χ3v) is 12.4. The van der Waals surface area contributed by atoms with Crippen molar-refractivity contribution in [1.29, 1.82) is 0 Å². The summed E-state index contributed by atoms with van der Waals surface area (Å²) in [5.41, 5.74) is 0. The maximum absolute atomic E-state index is 12.8. The van der Waals surface area contributed by atoms with Crippen LogP contribution in [0, 0.1) is 5.92 Å². The molecule has 0 spiro atoms. The highest BCUT2D eigenvalue weighted by Gasteiger charge is 2.20. The van der Waals surface area contributed by atoms with Crippen molar-refractivity contribution in [2.45, 2.75) is 239 Å². The molecule has 0 aromatic heterocycles. The Morgan fingerprint density at radius 1 is 0.471 bits per heavy atom. The second-order valence-corrected chi connectivity index (χ2v) is 18.9. The smallest absolute Gasteiger partial charge is 0.465 e. The zero-order valence-corrected chi connectivity index (χ0v) is 43.8. The molecule has 1 saturated heterocycles. The standard InChI is InChI=1S/C56H101NO11/c1-4-7-10-13-16-17-18-19-20-21-22-23-24-25-30-35-44-63-55(60)66-49-51(50-67-56(61)64-45-36-41-57-42-46-62-47-43-57)48-65-53(58)39-33-28-29-34-40-54(59)68-52(37-31-26-14-11-8-5-2)38-32-27-15-12-9-6-3/h16-17,19-20,51-52H,4-15,18,21-50H2,1-3H3/b17-16-,20-19-. The Hall–Kier alpha value is -3.12. The lowest BCUT2D eigenvalue weighted by Crippen LogP contribution is -2.37. The van der Waals surface area contributed by atoms with Gasteiger partial charge in [-0.15, -0.1) is 0 Å². The van der Waals surface area contributed by atoms with E-state index in [4.69, 9.17) is 33.2 Å². The van der Waals surface area contributed by atoms with E-state index >= 15 is 0 Å². The lowest BCUT2D eigenvalue weighted by Gasteiger charge is -2.26. The summed E-state index contributed by atoms with van der Waals surface area (Å²) in [4.78, 5) is 52.6. The molecule has 68 heavy (non-hydrogen) atoms. The summed E-state index contributed by atoms with van der Waals surface area (Å²) in [5.74, 6) is -1.09. The zero-order valence-electron chi connectivity index (χ0n) is 43.8. The number of nitrogens with zero attached hydrogens (tertiary/aromatic N) is 1. The number of unbranched alkanes of at least 4 members (excludes halogenated alkanes) is 22. The predicted molar refractivity (Wildman–Crippen MR) is 274 cm³/mol. The average molecular weight is 964 g/mol. The molecule has 1 aliphatic rings. The molecule has 1 rings (SSSR count). The molecule has 1 fully saturated rings. The molecule has 12 heteroatoms. The van der Waals surface area contributed by atoms with Gasteiger partial charge < -0.3 is 33.2 Å². The SMILES string of the molecule is CCCCC/C=C\C/C=C\CCCCCCCCOC(=O)OCC(COC(=O)CCCCCCC(=O)OC(CCCCCCCC)CCCCCCCC)COC(=O)OCCCN1CCOCC1. The van der Waals surface area contributed by atoms with Gasteiger partial charge in [0.1, 0.15) is 25.9 Å². The summed E-state index contributed by atoms with van der Waals surface area (Å²) in [7, 11) is 0. The van der Waals surface area contributed by atoms with Crippen molar-refractivity contribution >= 4 is 24.2 Å². The fourth-order valence-electron chi connectivity index (χ4n) is 8.10. The summed E-state index contributed by atoms with van der Waals surface area (Å²) in [5, 5.41) is 0. The first-order valence-corrected chi connectivity index (χ1v) is 27.9. The monoisotopic (exact) mass is 964 g/mol. The summed E-state index contributed by atoms with van der Waals surface area (Å²) in [6.07, 6.45) is 41.9. The predicted octanol–water partition coefficient (Wildman–Crippen LogP) is 14.7. The van der Waals surface area contributed by atoms with Gasteiger partial charge >= 0.3 is 24.2 Å².